The largest absolute Gasteiger partial charge is 0.0848 e. The molecule has 0 spiro atoms. The molecule has 0 heterocycles. The van der Waals surface area contributed by atoms with Gasteiger partial charge in [-0.2, -0.15) is 0 Å². The third-order valence-corrected chi connectivity index (χ3v) is 1.22. The van der Waals surface area contributed by atoms with Crippen LogP contribution >= 0.6 is 22.6 Å². The van der Waals surface area contributed by atoms with E-state index in [0.717, 1.165) is 10.8 Å². The molecule has 8 heavy (non-hydrogen) atoms. The fraction of sp³-hybridized carbons (Fsp3) is 0.429. The van der Waals surface area contributed by atoms with Crippen molar-refractivity contribution in [2.45, 2.75) is 13.3 Å². The van der Waals surface area contributed by atoms with Crippen LogP contribution in [0.5, 0.6) is 0 Å². The Morgan fingerprint density at radius 3 is 2.38 bits per heavy atom. The number of halogens is 1. The minimum Gasteiger partial charge on any atom is -0.0848 e. The third-order valence-electron chi connectivity index (χ3n) is 0.708. The van der Waals surface area contributed by atoms with Gasteiger partial charge in [-0.15, -0.1) is 0 Å². The first kappa shape index (κ1) is 8.21. The Labute approximate surface area is 64.8 Å². The molecule has 0 aliphatic carbocycles. The van der Waals surface area contributed by atoms with Crippen molar-refractivity contribution in [3.05, 3.63) is 24.3 Å². The summed E-state index contributed by atoms with van der Waals surface area (Å²) in [6.45, 7) is 2.13. The van der Waals surface area contributed by atoms with Gasteiger partial charge in [0.15, 0.2) is 0 Å². The molecule has 0 atom stereocenters. The highest BCUT2D eigenvalue weighted by atomic mass is 127. The maximum atomic E-state index is 2.32. The second kappa shape index (κ2) is 7.21. The summed E-state index contributed by atoms with van der Waals surface area (Å²) in [5.41, 5.74) is 0. The minimum atomic E-state index is 1.10. The highest BCUT2D eigenvalue weighted by Gasteiger charge is 1.62. The Kier molecular flexibility index (Phi) is 7.40. The van der Waals surface area contributed by atoms with Crippen molar-refractivity contribution in [1.29, 1.82) is 0 Å². The first-order valence-electron chi connectivity index (χ1n) is 2.79. The van der Waals surface area contributed by atoms with Crippen LogP contribution in [0.2, 0.25) is 0 Å². The molecule has 0 unspecified atom stereocenters. The SMILES string of the molecule is CC/C=C\C=C/CI. The van der Waals surface area contributed by atoms with Gasteiger partial charge in [-0.05, 0) is 6.42 Å². The van der Waals surface area contributed by atoms with E-state index in [1.807, 2.05) is 0 Å². The van der Waals surface area contributed by atoms with E-state index in [2.05, 4.69) is 53.8 Å². The molecule has 0 rings (SSSR count). The Bertz CT molecular complexity index is 70.4. The lowest BCUT2D eigenvalue weighted by atomic mass is 10.4. The van der Waals surface area contributed by atoms with Crippen LogP contribution < -0.4 is 0 Å². The second-order valence-corrected chi connectivity index (χ2v) is 2.30. The zero-order chi connectivity index (χ0) is 6.24. The van der Waals surface area contributed by atoms with E-state index in [0.29, 0.717) is 0 Å². The van der Waals surface area contributed by atoms with Crippen molar-refractivity contribution in [3.8, 4) is 0 Å². The number of rotatable bonds is 3. The van der Waals surface area contributed by atoms with E-state index in [1.54, 1.807) is 0 Å². The molecular weight excluding hydrogens is 211 g/mol. The topological polar surface area (TPSA) is 0 Å². The average molecular weight is 222 g/mol. The molecule has 0 aromatic rings. The molecule has 0 fully saturated rings. The Morgan fingerprint density at radius 1 is 1.25 bits per heavy atom. The molecule has 0 aliphatic rings. The fourth-order valence-corrected chi connectivity index (χ4v) is 0.638. The van der Waals surface area contributed by atoms with Gasteiger partial charge in [0.05, 0.1) is 0 Å². The maximum absolute atomic E-state index is 2.32. The molecule has 0 bridgehead atoms. The van der Waals surface area contributed by atoms with Gasteiger partial charge < -0.3 is 0 Å². The van der Waals surface area contributed by atoms with Crippen LogP contribution in [0.3, 0.4) is 0 Å². The van der Waals surface area contributed by atoms with Crippen molar-refractivity contribution >= 4 is 22.6 Å². The highest BCUT2D eigenvalue weighted by Crippen LogP contribution is 1.85. The number of hydrogen-bond donors (Lipinski definition) is 0. The van der Waals surface area contributed by atoms with Crippen molar-refractivity contribution in [3.63, 3.8) is 0 Å². The average Bonchev–Trinajstić information content (AvgIpc) is 1.81. The molecule has 1 heteroatoms. The summed E-state index contributed by atoms with van der Waals surface area (Å²) >= 11 is 2.32. The maximum Gasteiger partial charge on any atom is 0.0178 e. The van der Waals surface area contributed by atoms with Gasteiger partial charge in [0.25, 0.3) is 0 Å². The molecule has 0 saturated carbocycles. The molecule has 0 radical (unpaired) electrons. The van der Waals surface area contributed by atoms with E-state index >= 15 is 0 Å². The number of allylic oxidation sites excluding steroid dienone is 4. The summed E-state index contributed by atoms with van der Waals surface area (Å²) < 4.78 is 1.10. The van der Waals surface area contributed by atoms with E-state index in [9.17, 15) is 0 Å². The smallest absolute Gasteiger partial charge is 0.0178 e. The van der Waals surface area contributed by atoms with Gasteiger partial charge in [0.2, 0.25) is 0 Å². The van der Waals surface area contributed by atoms with Gasteiger partial charge in [-0.25, -0.2) is 0 Å². The number of hydrogen-bond acceptors (Lipinski definition) is 0. The first-order valence-corrected chi connectivity index (χ1v) is 4.32. The van der Waals surface area contributed by atoms with Gasteiger partial charge in [0.1, 0.15) is 0 Å². The summed E-state index contributed by atoms with van der Waals surface area (Å²) in [7, 11) is 0. The predicted octanol–water partition coefficient (Wildman–Crippen LogP) is 2.94. The molecule has 0 amide bonds. The van der Waals surface area contributed by atoms with Gasteiger partial charge in [0, 0.05) is 4.43 Å². The van der Waals surface area contributed by atoms with E-state index < -0.39 is 0 Å². The van der Waals surface area contributed by atoms with E-state index in [-0.39, 0.29) is 0 Å². The van der Waals surface area contributed by atoms with Crippen molar-refractivity contribution in [1.82, 2.24) is 0 Å². The zero-order valence-electron chi connectivity index (χ0n) is 5.10. The van der Waals surface area contributed by atoms with Crippen LogP contribution in [0.25, 0.3) is 0 Å². The van der Waals surface area contributed by atoms with Crippen LogP contribution in [0, 0.1) is 0 Å². The molecule has 0 aromatic carbocycles. The minimum absolute atomic E-state index is 1.10. The van der Waals surface area contributed by atoms with E-state index in [1.165, 1.54) is 0 Å². The second-order valence-electron chi connectivity index (χ2n) is 1.42. The van der Waals surface area contributed by atoms with Crippen molar-refractivity contribution < 1.29 is 0 Å². The first-order chi connectivity index (χ1) is 3.91. The zero-order valence-corrected chi connectivity index (χ0v) is 7.26. The Balaban J connectivity index is 3.13. The van der Waals surface area contributed by atoms with Crippen LogP contribution in [-0.2, 0) is 0 Å². The number of alkyl halides is 1. The molecule has 0 aromatic heterocycles. The van der Waals surface area contributed by atoms with Crippen molar-refractivity contribution in [2.75, 3.05) is 4.43 Å². The lowest BCUT2D eigenvalue weighted by molar-refractivity contribution is 1.22. The Morgan fingerprint density at radius 2 is 1.88 bits per heavy atom. The van der Waals surface area contributed by atoms with Gasteiger partial charge in [-0.3, -0.25) is 0 Å². The van der Waals surface area contributed by atoms with Crippen LogP contribution in [-0.4, -0.2) is 4.43 Å². The summed E-state index contributed by atoms with van der Waals surface area (Å²) in [4.78, 5) is 0. The molecule has 0 nitrogen and oxygen atoms in total. The third kappa shape index (κ3) is 6.21. The van der Waals surface area contributed by atoms with Gasteiger partial charge in [-0.1, -0.05) is 53.8 Å². The fourth-order valence-electron chi connectivity index (χ4n) is 0.345. The molecular formula is C7H11I. The normalized spacial score (nSPS) is 11.8. The van der Waals surface area contributed by atoms with E-state index in [4.69, 9.17) is 0 Å². The summed E-state index contributed by atoms with van der Waals surface area (Å²) in [6, 6.07) is 0. The monoisotopic (exact) mass is 222 g/mol. The highest BCUT2D eigenvalue weighted by molar-refractivity contribution is 14.1. The standard InChI is InChI=1S/C7H11I/c1-2-3-4-5-6-7-8/h3-6H,2,7H2,1H3/b4-3-,6-5-. The van der Waals surface area contributed by atoms with Crippen LogP contribution in [0.15, 0.2) is 24.3 Å². The summed E-state index contributed by atoms with van der Waals surface area (Å²) in [5, 5.41) is 0. The molecule has 46 valence electrons. The van der Waals surface area contributed by atoms with Gasteiger partial charge >= 0.3 is 0 Å². The predicted molar refractivity (Wildman–Crippen MR) is 47.5 cm³/mol. The molecule has 0 aliphatic heterocycles. The van der Waals surface area contributed by atoms with Crippen LogP contribution in [0.1, 0.15) is 13.3 Å². The van der Waals surface area contributed by atoms with Crippen molar-refractivity contribution in [2.24, 2.45) is 0 Å². The summed E-state index contributed by atoms with van der Waals surface area (Å²) in [6.07, 6.45) is 9.57. The lowest BCUT2D eigenvalue weighted by Crippen LogP contribution is -1.55. The summed E-state index contributed by atoms with van der Waals surface area (Å²) in [5.74, 6) is 0. The van der Waals surface area contributed by atoms with Crippen LogP contribution in [0.4, 0.5) is 0 Å². The Hall–Kier alpha value is 0.210. The lowest BCUT2D eigenvalue weighted by Gasteiger charge is -1.73. The molecule has 0 N–H and O–H groups in total. The quantitative estimate of drug-likeness (QED) is 0.391. The molecule has 0 saturated heterocycles.